The summed E-state index contributed by atoms with van der Waals surface area (Å²) in [5, 5.41) is 0. The molecule has 0 rings (SSSR count). The first-order chi connectivity index (χ1) is 5.83. The summed E-state index contributed by atoms with van der Waals surface area (Å²) in [5.74, 6) is 0. The Kier molecular flexibility index (Phi) is 5.02. The summed E-state index contributed by atoms with van der Waals surface area (Å²) >= 11 is 0. The van der Waals surface area contributed by atoms with Crippen LogP contribution in [0.15, 0.2) is 0 Å². The van der Waals surface area contributed by atoms with Gasteiger partial charge in [-0.15, -0.1) is 0 Å². The van der Waals surface area contributed by atoms with Crippen molar-refractivity contribution in [2.24, 2.45) is 10.8 Å². The lowest BCUT2D eigenvalue weighted by Gasteiger charge is -2.30. The van der Waals surface area contributed by atoms with Gasteiger partial charge >= 0.3 is 0 Å². The maximum absolute atomic E-state index is 2.41. The second-order valence-corrected chi connectivity index (χ2v) is 5.93. The van der Waals surface area contributed by atoms with Gasteiger partial charge in [0.1, 0.15) is 0 Å². The minimum Gasteiger partial charge on any atom is -0.0654 e. The average molecular weight is 184 g/mol. The Bertz CT molecular complexity index is 131. The van der Waals surface area contributed by atoms with Gasteiger partial charge in [-0.3, -0.25) is 0 Å². The molecule has 13 heavy (non-hydrogen) atoms. The van der Waals surface area contributed by atoms with E-state index in [1.165, 1.54) is 32.1 Å². The van der Waals surface area contributed by atoms with Gasteiger partial charge in [0.2, 0.25) is 0 Å². The first-order valence-corrected chi connectivity index (χ1v) is 5.83. The molecule has 0 saturated carbocycles. The highest BCUT2D eigenvalue weighted by Crippen LogP contribution is 2.35. The molecule has 0 bridgehead atoms. The van der Waals surface area contributed by atoms with Crippen LogP contribution in [0.2, 0.25) is 0 Å². The van der Waals surface area contributed by atoms with Crippen LogP contribution in [0, 0.1) is 10.8 Å². The van der Waals surface area contributed by atoms with E-state index in [0.29, 0.717) is 10.8 Å². The van der Waals surface area contributed by atoms with Crippen molar-refractivity contribution in [2.75, 3.05) is 0 Å². The van der Waals surface area contributed by atoms with E-state index in [2.05, 4.69) is 41.5 Å². The molecule has 0 saturated heterocycles. The van der Waals surface area contributed by atoms with Crippen LogP contribution in [-0.4, -0.2) is 0 Å². The Morgan fingerprint density at radius 2 is 1.15 bits per heavy atom. The second-order valence-electron chi connectivity index (χ2n) is 5.93. The van der Waals surface area contributed by atoms with Crippen LogP contribution in [0.3, 0.4) is 0 Å². The minimum atomic E-state index is 0.547. The van der Waals surface area contributed by atoms with E-state index in [9.17, 15) is 0 Å². The molecule has 0 aliphatic carbocycles. The Balaban J connectivity index is 3.86. The average Bonchev–Trinajstić information content (AvgIpc) is 2.02. The molecule has 0 radical (unpaired) electrons. The third kappa shape index (κ3) is 6.12. The van der Waals surface area contributed by atoms with Crippen LogP contribution in [0.25, 0.3) is 0 Å². The predicted molar refractivity (Wildman–Crippen MR) is 62.0 cm³/mol. The van der Waals surface area contributed by atoms with Gasteiger partial charge in [-0.25, -0.2) is 0 Å². The summed E-state index contributed by atoms with van der Waals surface area (Å²) in [7, 11) is 0. The van der Waals surface area contributed by atoms with Gasteiger partial charge in [0.25, 0.3) is 0 Å². The molecule has 0 nitrogen and oxygen atoms in total. The van der Waals surface area contributed by atoms with Crippen molar-refractivity contribution in [1.29, 1.82) is 0 Å². The van der Waals surface area contributed by atoms with Crippen LogP contribution < -0.4 is 0 Å². The molecule has 0 unspecified atom stereocenters. The van der Waals surface area contributed by atoms with Gasteiger partial charge in [-0.1, -0.05) is 54.4 Å². The summed E-state index contributed by atoms with van der Waals surface area (Å²) < 4.78 is 0. The fourth-order valence-corrected chi connectivity index (χ4v) is 1.66. The van der Waals surface area contributed by atoms with Crippen LogP contribution >= 0.6 is 0 Å². The molecule has 0 spiro atoms. The van der Waals surface area contributed by atoms with Gasteiger partial charge in [-0.05, 0) is 30.1 Å². The highest BCUT2D eigenvalue weighted by Gasteiger charge is 2.22. The van der Waals surface area contributed by atoms with Crippen molar-refractivity contribution in [3.63, 3.8) is 0 Å². The maximum atomic E-state index is 2.41. The Hall–Kier alpha value is 0. The monoisotopic (exact) mass is 184 g/mol. The summed E-state index contributed by atoms with van der Waals surface area (Å²) in [6.45, 7) is 14.2. The molecule has 80 valence electrons. The molecular formula is C13H28. The summed E-state index contributed by atoms with van der Waals surface area (Å²) in [5.41, 5.74) is 1.10. The smallest absolute Gasteiger partial charge is 0.0354 e. The van der Waals surface area contributed by atoms with E-state index in [-0.39, 0.29) is 0 Å². The highest BCUT2D eigenvalue weighted by atomic mass is 14.3. The second kappa shape index (κ2) is 5.02. The van der Waals surface area contributed by atoms with Crippen LogP contribution in [0.1, 0.15) is 73.6 Å². The molecule has 0 heteroatoms. The van der Waals surface area contributed by atoms with Crippen LogP contribution in [-0.2, 0) is 0 Å². The zero-order valence-electron chi connectivity index (χ0n) is 10.5. The molecule has 0 aromatic heterocycles. The molecule has 0 aliphatic heterocycles. The normalized spacial score (nSPS) is 13.4. The molecule has 0 amide bonds. The predicted octanol–water partition coefficient (Wildman–Crippen LogP) is 5.03. The maximum Gasteiger partial charge on any atom is -0.0354 e. The standard InChI is InChI=1S/C13H28/c1-7-9-13(5,6)11-10-12(3,4)8-2/h7-11H2,1-6H3. The van der Waals surface area contributed by atoms with Gasteiger partial charge < -0.3 is 0 Å². The molecule has 0 N–H and O–H groups in total. The number of hydrogen-bond donors (Lipinski definition) is 0. The van der Waals surface area contributed by atoms with E-state index >= 15 is 0 Å². The van der Waals surface area contributed by atoms with Gasteiger partial charge in [0.05, 0.1) is 0 Å². The van der Waals surface area contributed by atoms with E-state index < -0.39 is 0 Å². The molecule has 0 aromatic carbocycles. The zero-order valence-corrected chi connectivity index (χ0v) is 10.5. The molecule has 0 fully saturated rings. The van der Waals surface area contributed by atoms with E-state index in [1.54, 1.807) is 0 Å². The highest BCUT2D eigenvalue weighted by molar-refractivity contribution is 4.74. The molecule has 0 aliphatic rings. The van der Waals surface area contributed by atoms with Gasteiger partial charge in [0.15, 0.2) is 0 Å². The van der Waals surface area contributed by atoms with E-state index in [1.807, 2.05) is 0 Å². The quantitative estimate of drug-likeness (QED) is 0.543. The van der Waals surface area contributed by atoms with Crippen molar-refractivity contribution >= 4 is 0 Å². The van der Waals surface area contributed by atoms with Gasteiger partial charge in [-0.2, -0.15) is 0 Å². The van der Waals surface area contributed by atoms with Crippen molar-refractivity contribution in [3.8, 4) is 0 Å². The summed E-state index contributed by atoms with van der Waals surface area (Å²) in [6, 6.07) is 0. The van der Waals surface area contributed by atoms with Crippen molar-refractivity contribution in [2.45, 2.75) is 73.6 Å². The lowest BCUT2D eigenvalue weighted by molar-refractivity contribution is 0.221. The third-order valence-corrected chi connectivity index (χ3v) is 3.36. The molecular weight excluding hydrogens is 156 g/mol. The minimum absolute atomic E-state index is 0.547. The first-order valence-electron chi connectivity index (χ1n) is 5.83. The fraction of sp³-hybridized carbons (Fsp3) is 1.00. The Morgan fingerprint density at radius 3 is 1.54 bits per heavy atom. The number of rotatable bonds is 6. The third-order valence-electron chi connectivity index (χ3n) is 3.36. The van der Waals surface area contributed by atoms with E-state index in [4.69, 9.17) is 0 Å². The lowest BCUT2D eigenvalue weighted by atomic mass is 9.76. The Labute approximate surface area is 85.1 Å². The van der Waals surface area contributed by atoms with Gasteiger partial charge in [0, 0.05) is 0 Å². The van der Waals surface area contributed by atoms with Crippen molar-refractivity contribution in [3.05, 3.63) is 0 Å². The molecule has 0 atom stereocenters. The van der Waals surface area contributed by atoms with E-state index in [0.717, 1.165) is 0 Å². The lowest BCUT2D eigenvalue weighted by Crippen LogP contribution is -2.17. The fourth-order valence-electron chi connectivity index (χ4n) is 1.66. The van der Waals surface area contributed by atoms with Crippen LogP contribution in [0.5, 0.6) is 0 Å². The SMILES string of the molecule is CCCC(C)(C)CCC(C)(C)CC. The van der Waals surface area contributed by atoms with Crippen LogP contribution in [0.4, 0.5) is 0 Å². The summed E-state index contributed by atoms with van der Waals surface area (Å²) in [6.07, 6.45) is 6.74. The van der Waals surface area contributed by atoms with Crippen molar-refractivity contribution < 1.29 is 0 Å². The molecule has 0 aromatic rings. The first kappa shape index (κ1) is 13.0. The zero-order chi connectivity index (χ0) is 10.5. The topological polar surface area (TPSA) is 0 Å². The Morgan fingerprint density at radius 1 is 0.692 bits per heavy atom. The largest absolute Gasteiger partial charge is 0.0654 e. The molecule has 0 heterocycles. The summed E-state index contributed by atoms with van der Waals surface area (Å²) in [4.78, 5) is 0. The van der Waals surface area contributed by atoms with Crippen molar-refractivity contribution in [1.82, 2.24) is 0 Å². The number of hydrogen-bond acceptors (Lipinski definition) is 0.